The van der Waals surface area contributed by atoms with Crippen LogP contribution >= 0.6 is 0 Å². The van der Waals surface area contributed by atoms with Crippen LogP contribution in [-0.4, -0.2) is 16.5 Å². The topological polar surface area (TPSA) is 84.8 Å². The molecule has 5 nitrogen and oxygen atoms in total. The number of rotatable bonds is 5. The molecule has 0 spiro atoms. The van der Waals surface area contributed by atoms with E-state index >= 15 is 0 Å². The van der Waals surface area contributed by atoms with Gasteiger partial charge >= 0.3 is 0 Å². The molecular weight excluding hydrogens is 240 g/mol. The van der Waals surface area contributed by atoms with E-state index in [1.807, 2.05) is 24.3 Å². The molecule has 19 heavy (non-hydrogen) atoms. The third-order valence-electron chi connectivity index (χ3n) is 2.54. The number of aromatic nitrogens is 2. The maximum atomic E-state index is 8.75. The zero-order valence-electron chi connectivity index (χ0n) is 10.4. The predicted molar refractivity (Wildman–Crippen MR) is 70.3 cm³/mol. The van der Waals surface area contributed by atoms with Crippen LogP contribution < -0.4 is 10.5 Å². The summed E-state index contributed by atoms with van der Waals surface area (Å²) in [6.45, 7) is 0.969. The Morgan fingerprint density at radius 2 is 2.16 bits per heavy atom. The summed E-state index contributed by atoms with van der Waals surface area (Å²) in [7, 11) is 0. The maximum absolute atomic E-state index is 8.75. The minimum atomic E-state index is 0.384. The number of nitrogens with two attached hydrogens (primary N) is 1. The van der Waals surface area contributed by atoms with Crippen molar-refractivity contribution < 1.29 is 4.74 Å². The molecule has 2 aromatic heterocycles. The molecule has 5 heteroatoms. The van der Waals surface area contributed by atoms with Gasteiger partial charge in [-0.1, -0.05) is 0 Å². The van der Waals surface area contributed by atoms with Crippen molar-refractivity contribution in [3.63, 3.8) is 0 Å². The van der Waals surface area contributed by atoms with Crippen molar-refractivity contribution in [1.29, 1.82) is 5.26 Å². The van der Waals surface area contributed by atoms with Gasteiger partial charge in [0.1, 0.15) is 24.1 Å². The Morgan fingerprint density at radius 1 is 1.26 bits per heavy atom. The first-order chi connectivity index (χ1) is 9.31. The molecule has 96 valence electrons. The van der Waals surface area contributed by atoms with Crippen molar-refractivity contribution in [2.45, 2.75) is 13.0 Å². The van der Waals surface area contributed by atoms with E-state index in [-0.39, 0.29) is 0 Å². The highest BCUT2D eigenvalue weighted by molar-refractivity contribution is 5.26. The third kappa shape index (κ3) is 3.76. The van der Waals surface area contributed by atoms with Gasteiger partial charge in [-0.2, -0.15) is 5.26 Å². The molecular formula is C14H14N4O. The molecule has 0 radical (unpaired) electrons. The summed E-state index contributed by atoms with van der Waals surface area (Å²) in [4.78, 5) is 8.15. The Labute approximate surface area is 111 Å². The van der Waals surface area contributed by atoms with Crippen LogP contribution in [0, 0.1) is 11.3 Å². The van der Waals surface area contributed by atoms with E-state index in [9.17, 15) is 0 Å². The lowest BCUT2D eigenvalue weighted by Gasteiger charge is -2.06. The summed E-state index contributed by atoms with van der Waals surface area (Å²) < 4.78 is 5.59. The average molecular weight is 254 g/mol. The normalized spacial score (nSPS) is 9.89. The summed E-state index contributed by atoms with van der Waals surface area (Å²) in [6.07, 6.45) is 4.04. The Hall–Kier alpha value is -2.45. The van der Waals surface area contributed by atoms with Gasteiger partial charge in [-0.3, -0.25) is 4.98 Å². The summed E-state index contributed by atoms with van der Waals surface area (Å²) in [6, 6.07) is 9.28. The Morgan fingerprint density at radius 3 is 2.84 bits per heavy atom. The quantitative estimate of drug-likeness (QED) is 0.872. The van der Waals surface area contributed by atoms with Gasteiger partial charge in [-0.05, 0) is 36.4 Å². The highest BCUT2D eigenvalue weighted by Gasteiger charge is 1.99. The summed E-state index contributed by atoms with van der Waals surface area (Å²) in [5.41, 5.74) is 7.69. The molecule has 0 amide bonds. The summed E-state index contributed by atoms with van der Waals surface area (Å²) in [5.74, 6) is 0.691. The molecule has 0 unspecified atom stereocenters. The number of hydrogen-bond acceptors (Lipinski definition) is 5. The van der Waals surface area contributed by atoms with E-state index in [2.05, 4.69) is 9.97 Å². The van der Waals surface area contributed by atoms with Crippen LogP contribution in [0.4, 0.5) is 0 Å². The highest BCUT2D eigenvalue weighted by Crippen LogP contribution is 2.12. The van der Waals surface area contributed by atoms with Crippen molar-refractivity contribution in [1.82, 2.24) is 9.97 Å². The van der Waals surface area contributed by atoms with E-state index in [0.29, 0.717) is 24.6 Å². The fraction of sp³-hybridized carbons (Fsp3) is 0.214. The van der Waals surface area contributed by atoms with Crippen LogP contribution in [0.25, 0.3) is 0 Å². The fourth-order valence-corrected chi connectivity index (χ4v) is 1.58. The van der Waals surface area contributed by atoms with E-state index in [1.165, 1.54) is 0 Å². The molecule has 0 saturated carbocycles. The molecule has 2 rings (SSSR count). The average Bonchev–Trinajstić information content (AvgIpc) is 2.47. The molecule has 0 aliphatic carbocycles. The van der Waals surface area contributed by atoms with Crippen molar-refractivity contribution in [3.8, 4) is 11.8 Å². The van der Waals surface area contributed by atoms with Crippen LogP contribution in [0.1, 0.15) is 17.0 Å². The zero-order valence-corrected chi connectivity index (χ0v) is 10.4. The Balaban J connectivity index is 1.96. The molecule has 0 bridgehead atoms. The second-order valence-corrected chi connectivity index (χ2v) is 3.97. The van der Waals surface area contributed by atoms with E-state index < -0.39 is 0 Å². The van der Waals surface area contributed by atoms with Crippen molar-refractivity contribution in [3.05, 3.63) is 53.6 Å². The molecule has 2 aromatic rings. The Kier molecular flexibility index (Phi) is 4.43. The second-order valence-electron chi connectivity index (χ2n) is 3.97. The number of pyridine rings is 2. The largest absolute Gasteiger partial charge is 0.487 e. The SMILES string of the molecule is N#Cc1cc(COc2ccc(CCN)nc2)ccn1. The molecule has 2 heterocycles. The van der Waals surface area contributed by atoms with Crippen LogP contribution in [0.3, 0.4) is 0 Å². The zero-order chi connectivity index (χ0) is 13.5. The molecule has 0 fully saturated rings. The van der Waals surface area contributed by atoms with E-state index in [0.717, 1.165) is 17.7 Å². The van der Waals surface area contributed by atoms with Gasteiger partial charge in [-0.15, -0.1) is 0 Å². The molecule has 0 saturated heterocycles. The van der Waals surface area contributed by atoms with Gasteiger partial charge in [0, 0.05) is 18.3 Å². The van der Waals surface area contributed by atoms with Crippen LogP contribution in [0.2, 0.25) is 0 Å². The predicted octanol–water partition coefficient (Wildman–Crippen LogP) is 1.43. The molecule has 0 aliphatic rings. The number of ether oxygens (including phenoxy) is 1. The third-order valence-corrected chi connectivity index (χ3v) is 2.54. The van der Waals surface area contributed by atoms with Crippen molar-refractivity contribution >= 4 is 0 Å². The molecule has 0 aliphatic heterocycles. The fourth-order valence-electron chi connectivity index (χ4n) is 1.58. The summed E-state index contributed by atoms with van der Waals surface area (Å²) >= 11 is 0. The van der Waals surface area contributed by atoms with Gasteiger partial charge in [0.05, 0.1) is 6.20 Å². The molecule has 0 atom stereocenters. The molecule has 2 N–H and O–H groups in total. The minimum absolute atomic E-state index is 0.384. The highest BCUT2D eigenvalue weighted by atomic mass is 16.5. The monoisotopic (exact) mass is 254 g/mol. The van der Waals surface area contributed by atoms with Gasteiger partial charge in [0.2, 0.25) is 0 Å². The van der Waals surface area contributed by atoms with Crippen molar-refractivity contribution in [2.75, 3.05) is 6.54 Å². The Bertz CT molecular complexity index is 575. The van der Waals surface area contributed by atoms with Gasteiger partial charge in [0.25, 0.3) is 0 Å². The first-order valence-corrected chi connectivity index (χ1v) is 5.94. The van der Waals surface area contributed by atoms with Gasteiger partial charge in [0.15, 0.2) is 0 Å². The first-order valence-electron chi connectivity index (χ1n) is 5.94. The molecule has 0 aromatic carbocycles. The van der Waals surface area contributed by atoms with Crippen molar-refractivity contribution in [2.24, 2.45) is 5.73 Å². The van der Waals surface area contributed by atoms with Crippen LogP contribution in [-0.2, 0) is 13.0 Å². The van der Waals surface area contributed by atoms with Crippen LogP contribution in [0.15, 0.2) is 36.7 Å². The second kappa shape index (κ2) is 6.47. The smallest absolute Gasteiger partial charge is 0.140 e. The number of hydrogen-bond donors (Lipinski definition) is 1. The number of nitrogens with zero attached hydrogens (tertiary/aromatic N) is 3. The number of nitriles is 1. The summed E-state index contributed by atoms with van der Waals surface area (Å²) in [5, 5.41) is 8.75. The van der Waals surface area contributed by atoms with E-state index in [4.69, 9.17) is 15.7 Å². The lowest BCUT2D eigenvalue weighted by atomic mass is 10.2. The maximum Gasteiger partial charge on any atom is 0.140 e. The lowest BCUT2D eigenvalue weighted by Crippen LogP contribution is -2.04. The van der Waals surface area contributed by atoms with Gasteiger partial charge in [-0.25, -0.2) is 4.98 Å². The van der Waals surface area contributed by atoms with Crippen LogP contribution in [0.5, 0.6) is 5.75 Å². The minimum Gasteiger partial charge on any atom is -0.487 e. The standard InChI is InChI=1S/C14H14N4O/c15-5-3-12-1-2-14(9-18-12)19-10-11-4-6-17-13(7-11)8-16/h1-2,4,6-7,9H,3,5,10,15H2. The lowest BCUT2D eigenvalue weighted by molar-refractivity contribution is 0.304. The van der Waals surface area contributed by atoms with E-state index in [1.54, 1.807) is 18.5 Å². The van der Waals surface area contributed by atoms with Gasteiger partial charge < -0.3 is 10.5 Å². The first kappa shape index (κ1) is 13.0.